The van der Waals surface area contributed by atoms with Crippen molar-refractivity contribution in [1.29, 1.82) is 0 Å². The lowest BCUT2D eigenvalue weighted by Crippen LogP contribution is -2.41. The van der Waals surface area contributed by atoms with Crippen LogP contribution in [-0.2, 0) is 0 Å². The lowest BCUT2D eigenvalue weighted by atomic mass is 10.2. The van der Waals surface area contributed by atoms with E-state index in [2.05, 4.69) is 5.18 Å². The Balaban J connectivity index is 3.44. The van der Waals surface area contributed by atoms with Crippen LogP contribution >= 0.6 is 0 Å². The Labute approximate surface area is 53.0 Å². The summed E-state index contributed by atoms with van der Waals surface area (Å²) in [7, 11) is 0. The molecular weight excluding hydrogens is 122 g/mol. The summed E-state index contributed by atoms with van der Waals surface area (Å²) in [5.74, 6) is 0. The van der Waals surface area contributed by atoms with Gasteiger partial charge in [0.1, 0.15) is 0 Å². The van der Waals surface area contributed by atoms with E-state index in [1.54, 1.807) is 0 Å². The molecule has 5 nitrogen and oxygen atoms in total. The molecule has 0 rings (SSSR count). The Morgan fingerprint density at radius 2 is 2.22 bits per heavy atom. The van der Waals surface area contributed by atoms with E-state index >= 15 is 0 Å². The topological polar surface area (TPSA) is 102 Å². The number of nitrogens with zero attached hydrogens (tertiary/aromatic N) is 1. The van der Waals surface area contributed by atoms with Crippen LogP contribution in [0.15, 0.2) is 5.18 Å². The van der Waals surface area contributed by atoms with Gasteiger partial charge in [-0.3, -0.25) is 0 Å². The molecule has 0 saturated carbocycles. The predicted molar refractivity (Wildman–Crippen MR) is 33.7 cm³/mol. The number of aliphatic hydroxyl groups is 1. The van der Waals surface area contributed by atoms with E-state index in [4.69, 9.17) is 16.6 Å². The zero-order valence-electron chi connectivity index (χ0n) is 5.03. The van der Waals surface area contributed by atoms with Gasteiger partial charge in [0.25, 0.3) is 0 Å². The molecule has 0 heterocycles. The van der Waals surface area contributed by atoms with E-state index in [1.165, 1.54) is 0 Å². The van der Waals surface area contributed by atoms with Gasteiger partial charge in [0.2, 0.25) is 0 Å². The molecule has 5 N–H and O–H groups in total. The van der Waals surface area contributed by atoms with E-state index in [0.717, 1.165) is 0 Å². The zero-order chi connectivity index (χ0) is 7.28. The standard InChI is InChI=1S/C4H11N3O2/c5-1-4(8)3(6)2-7-9/h3-4,8H,1-2,5-6H2. The molecule has 0 aliphatic rings. The number of aliphatic hydroxyl groups excluding tert-OH is 1. The number of hydrogen-bond donors (Lipinski definition) is 3. The van der Waals surface area contributed by atoms with Gasteiger partial charge in [-0.1, -0.05) is 5.18 Å². The number of hydrogen-bond acceptors (Lipinski definition) is 5. The summed E-state index contributed by atoms with van der Waals surface area (Å²) >= 11 is 0. The second-order valence-electron chi connectivity index (χ2n) is 1.78. The smallest absolute Gasteiger partial charge is 0.0987 e. The summed E-state index contributed by atoms with van der Waals surface area (Å²) in [6.07, 6.45) is -0.817. The van der Waals surface area contributed by atoms with Crippen molar-refractivity contribution in [2.75, 3.05) is 13.1 Å². The molecule has 0 saturated heterocycles. The fraction of sp³-hybridized carbons (Fsp3) is 1.00. The van der Waals surface area contributed by atoms with Crippen LogP contribution in [0.2, 0.25) is 0 Å². The highest BCUT2D eigenvalue weighted by Crippen LogP contribution is 1.87. The maximum Gasteiger partial charge on any atom is 0.0987 e. The Bertz CT molecular complexity index is 87.9. The van der Waals surface area contributed by atoms with Crippen molar-refractivity contribution in [1.82, 2.24) is 0 Å². The summed E-state index contributed by atoms with van der Waals surface area (Å²) in [4.78, 5) is 9.55. The van der Waals surface area contributed by atoms with Crippen LogP contribution in [0.3, 0.4) is 0 Å². The maximum atomic E-state index is 9.55. The highest BCUT2D eigenvalue weighted by atomic mass is 16.3. The van der Waals surface area contributed by atoms with Gasteiger partial charge in [-0.25, -0.2) is 0 Å². The third kappa shape index (κ3) is 3.12. The molecular formula is C4H11N3O2. The lowest BCUT2D eigenvalue weighted by molar-refractivity contribution is 0.155. The van der Waals surface area contributed by atoms with Crippen LogP contribution < -0.4 is 11.5 Å². The fourth-order valence-electron chi connectivity index (χ4n) is 0.383. The Hall–Kier alpha value is -0.520. The van der Waals surface area contributed by atoms with Gasteiger partial charge in [-0.2, -0.15) is 4.91 Å². The van der Waals surface area contributed by atoms with Crippen molar-refractivity contribution in [3.05, 3.63) is 4.91 Å². The number of nitrogens with two attached hydrogens (primary N) is 2. The largest absolute Gasteiger partial charge is 0.390 e. The van der Waals surface area contributed by atoms with Crippen LogP contribution in [0.25, 0.3) is 0 Å². The van der Waals surface area contributed by atoms with Crippen LogP contribution in [-0.4, -0.2) is 30.3 Å². The fourth-order valence-corrected chi connectivity index (χ4v) is 0.383. The first-order chi connectivity index (χ1) is 4.22. The summed E-state index contributed by atoms with van der Waals surface area (Å²) in [6.45, 7) is -0.0188. The minimum atomic E-state index is -0.817. The second-order valence-corrected chi connectivity index (χ2v) is 1.78. The molecule has 0 bridgehead atoms. The van der Waals surface area contributed by atoms with Crippen molar-refractivity contribution >= 4 is 0 Å². The van der Waals surface area contributed by atoms with Gasteiger partial charge in [0.15, 0.2) is 0 Å². The zero-order valence-corrected chi connectivity index (χ0v) is 5.03. The van der Waals surface area contributed by atoms with Gasteiger partial charge in [-0.05, 0) is 0 Å². The molecule has 0 aromatic carbocycles. The SMILES string of the molecule is NCC(O)C(N)CN=O. The molecule has 0 fully saturated rings. The van der Waals surface area contributed by atoms with Crippen molar-refractivity contribution in [3.8, 4) is 0 Å². The Morgan fingerprint density at radius 3 is 2.56 bits per heavy atom. The third-order valence-electron chi connectivity index (χ3n) is 1.02. The van der Waals surface area contributed by atoms with Crippen molar-refractivity contribution < 1.29 is 5.11 Å². The molecule has 0 aromatic rings. The average Bonchev–Trinajstić information content (AvgIpc) is 1.87. The molecule has 2 atom stereocenters. The second kappa shape index (κ2) is 4.37. The van der Waals surface area contributed by atoms with Gasteiger partial charge in [0.05, 0.1) is 18.7 Å². The highest BCUT2D eigenvalue weighted by molar-refractivity contribution is 4.73. The summed E-state index contributed by atoms with van der Waals surface area (Å²) in [6, 6.07) is -0.618. The van der Waals surface area contributed by atoms with Gasteiger partial charge >= 0.3 is 0 Å². The lowest BCUT2D eigenvalue weighted by Gasteiger charge is -2.12. The normalized spacial score (nSPS) is 16.8. The summed E-state index contributed by atoms with van der Waals surface area (Å²) in [5.41, 5.74) is 10.2. The average molecular weight is 133 g/mol. The van der Waals surface area contributed by atoms with Crippen LogP contribution in [0.1, 0.15) is 0 Å². The molecule has 9 heavy (non-hydrogen) atoms. The first-order valence-electron chi connectivity index (χ1n) is 2.65. The third-order valence-corrected chi connectivity index (χ3v) is 1.02. The number of rotatable bonds is 4. The molecule has 2 unspecified atom stereocenters. The van der Waals surface area contributed by atoms with Gasteiger partial charge < -0.3 is 16.6 Å². The Morgan fingerprint density at radius 1 is 1.67 bits per heavy atom. The molecule has 54 valence electrons. The first-order valence-corrected chi connectivity index (χ1v) is 2.65. The minimum Gasteiger partial charge on any atom is -0.390 e. The molecule has 0 aliphatic heterocycles. The van der Waals surface area contributed by atoms with Crippen molar-refractivity contribution in [3.63, 3.8) is 0 Å². The van der Waals surface area contributed by atoms with Crippen molar-refractivity contribution in [2.24, 2.45) is 16.6 Å². The van der Waals surface area contributed by atoms with E-state index < -0.39 is 12.1 Å². The first kappa shape index (κ1) is 8.48. The van der Waals surface area contributed by atoms with Crippen LogP contribution in [0.4, 0.5) is 0 Å². The molecule has 0 aliphatic carbocycles. The van der Waals surface area contributed by atoms with E-state index in [0.29, 0.717) is 0 Å². The molecule has 0 amide bonds. The summed E-state index contributed by atoms with van der Waals surface area (Å²) in [5, 5.41) is 11.3. The molecule has 0 aromatic heterocycles. The molecule has 0 spiro atoms. The Kier molecular flexibility index (Phi) is 4.12. The van der Waals surface area contributed by atoms with Crippen molar-refractivity contribution in [2.45, 2.75) is 12.1 Å². The quantitative estimate of drug-likeness (QED) is 0.402. The predicted octanol–water partition coefficient (Wildman–Crippen LogP) is -1.60. The van der Waals surface area contributed by atoms with Crippen LogP contribution in [0, 0.1) is 4.91 Å². The minimum absolute atomic E-state index is 0.0662. The number of nitroso groups, excluding NO2 is 1. The van der Waals surface area contributed by atoms with Crippen LogP contribution in [0.5, 0.6) is 0 Å². The molecule has 0 radical (unpaired) electrons. The van der Waals surface area contributed by atoms with E-state index in [-0.39, 0.29) is 13.1 Å². The molecule has 5 heteroatoms. The van der Waals surface area contributed by atoms with E-state index in [9.17, 15) is 4.91 Å². The highest BCUT2D eigenvalue weighted by Gasteiger charge is 2.11. The summed E-state index contributed by atoms with van der Waals surface area (Å²) < 4.78 is 0. The monoisotopic (exact) mass is 133 g/mol. The maximum absolute atomic E-state index is 9.55. The van der Waals surface area contributed by atoms with Gasteiger partial charge in [-0.15, -0.1) is 0 Å². The van der Waals surface area contributed by atoms with Gasteiger partial charge in [0, 0.05) is 6.54 Å². The van der Waals surface area contributed by atoms with E-state index in [1.807, 2.05) is 0 Å².